The van der Waals surface area contributed by atoms with E-state index >= 15 is 0 Å². The highest BCUT2D eigenvalue weighted by Gasteiger charge is 2.32. The van der Waals surface area contributed by atoms with Gasteiger partial charge in [0.2, 0.25) is 0 Å². The molecule has 3 rings (SSSR count). The van der Waals surface area contributed by atoms with E-state index in [1.165, 1.54) is 35.1 Å². The molecule has 8 heteroatoms. The summed E-state index contributed by atoms with van der Waals surface area (Å²) in [7, 11) is 1.53. The summed E-state index contributed by atoms with van der Waals surface area (Å²) in [6.07, 6.45) is 1.74. The normalized spacial score (nSPS) is 15.4. The van der Waals surface area contributed by atoms with E-state index in [1.54, 1.807) is 24.3 Å². The van der Waals surface area contributed by atoms with E-state index in [4.69, 9.17) is 21.6 Å². The lowest BCUT2D eigenvalue weighted by molar-refractivity contribution is -0.113. The van der Waals surface area contributed by atoms with Gasteiger partial charge in [-0.3, -0.25) is 9.69 Å². The highest BCUT2D eigenvalue weighted by molar-refractivity contribution is 8.14. The Bertz CT molecular complexity index is 901. The Morgan fingerprint density at radius 2 is 2.32 bits per heavy atom. The molecule has 1 aliphatic heterocycles. The van der Waals surface area contributed by atoms with Gasteiger partial charge in [-0.15, -0.1) is 11.3 Å². The van der Waals surface area contributed by atoms with Crippen molar-refractivity contribution in [2.45, 2.75) is 0 Å². The molecule has 0 atom stereocenters. The second kappa shape index (κ2) is 7.74. The van der Waals surface area contributed by atoms with E-state index in [-0.39, 0.29) is 11.7 Å². The van der Waals surface area contributed by atoms with Crippen LogP contribution in [-0.4, -0.2) is 23.9 Å². The van der Waals surface area contributed by atoms with Crippen molar-refractivity contribution < 1.29 is 9.53 Å². The number of methoxy groups -OCH3 is 1. The van der Waals surface area contributed by atoms with Crippen LogP contribution in [0.15, 0.2) is 46.4 Å². The standard InChI is InChI=1S/C17H12ClN3O2S2/c1-23-15-5-4-11(9-13(15)18)21-16(22)14(10-12-3-2-7-24-12)20-17(21)25-8-6-19/h2-5,7,9-10H,8H2,1H3. The zero-order valence-corrected chi connectivity index (χ0v) is 15.5. The van der Waals surface area contributed by atoms with Crippen molar-refractivity contribution in [3.8, 4) is 11.8 Å². The molecule has 0 unspecified atom stereocenters. The number of hydrogen-bond acceptors (Lipinski definition) is 6. The number of nitriles is 1. The summed E-state index contributed by atoms with van der Waals surface area (Å²) in [5, 5.41) is 11.6. The molecule has 0 N–H and O–H groups in total. The van der Waals surface area contributed by atoms with Gasteiger partial charge >= 0.3 is 0 Å². The molecule has 0 radical (unpaired) electrons. The predicted octanol–water partition coefficient (Wildman–Crippen LogP) is 4.41. The lowest BCUT2D eigenvalue weighted by Crippen LogP contribution is -2.30. The molecule has 0 aliphatic carbocycles. The van der Waals surface area contributed by atoms with Gasteiger partial charge in [0.05, 0.1) is 29.6 Å². The number of anilines is 1. The fourth-order valence-electron chi connectivity index (χ4n) is 2.22. The minimum atomic E-state index is -0.255. The summed E-state index contributed by atoms with van der Waals surface area (Å²) in [5.74, 6) is 0.461. The van der Waals surface area contributed by atoms with Crippen LogP contribution >= 0.6 is 34.7 Å². The average molecular weight is 390 g/mol. The van der Waals surface area contributed by atoms with Crippen LogP contribution < -0.4 is 9.64 Å². The molecular formula is C17H12ClN3O2S2. The van der Waals surface area contributed by atoms with Gasteiger partial charge in [-0.2, -0.15) is 5.26 Å². The third-order valence-electron chi connectivity index (χ3n) is 3.31. The van der Waals surface area contributed by atoms with E-state index in [0.29, 0.717) is 27.3 Å². The molecule has 0 saturated carbocycles. The summed E-state index contributed by atoms with van der Waals surface area (Å²) in [4.78, 5) is 19.7. The number of carbonyl (C=O) groups excluding carboxylic acids is 1. The third kappa shape index (κ3) is 3.71. The first-order chi connectivity index (χ1) is 12.1. The largest absolute Gasteiger partial charge is 0.495 e. The number of rotatable bonds is 4. The topological polar surface area (TPSA) is 65.7 Å². The quantitative estimate of drug-likeness (QED) is 0.726. The Balaban J connectivity index is 1.99. The molecule has 2 heterocycles. The maximum atomic E-state index is 12.8. The van der Waals surface area contributed by atoms with Gasteiger partial charge < -0.3 is 4.74 Å². The number of amidine groups is 1. The lowest BCUT2D eigenvalue weighted by Gasteiger charge is -2.18. The zero-order chi connectivity index (χ0) is 17.8. The maximum absolute atomic E-state index is 12.8. The van der Waals surface area contributed by atoms with Gasteiger partial charge in [-0.25, -0.2) is 4.99 Å². The highest BCUT2D eigenvalue weighted by Crippen LogP contribution is 2.34. The first-order valence-corrected chi connectivity index (χ1v) is 9.40. The minimum absolute atomic E-state index is 0.193. The third-order valence-corrected chi connectivity index (χ3v) is 5.23. The Kier molecular flexibility index (Phi) is 5.43. The minimum Gasteiger partial charge on any atom is -0.495 e. The van der Waals surface area contributed by atoms with Crippen LogP contribution in [0.4, 0.5) is 5.69 Å². The number of thioether (sulfide) groups is 1. The highest BCUT2D eigenvalue weighted by atomic mass is 35.5. The van der Waals surface area contributed by atoms with Crippen molar-refractivity contribution in [3.05, 3.63) is 51.3 Å². The van der Waals surface area contributed by atoms with Crippen LogP contribution in [0.2, 0.25) is 5.02 Å². The summed E-state index contributed by atoms with van der Waals surface area (Å²) in [6, 6.07) is 10.9. The van der Waals surface area contributed by atoms with Gasteiger partial charge in [0.1, 0.15) is 11.4 Å². The molecule has 1 aliphatic rings. The summed E-state index contributed by atoms with van der Waals surface area (Å²) in [6.45, 7) is 0. The van der Waals surface area contributed by atoms with Crippen molar-refractivity contribution in [1.82, 2.24) is 0 Å². The van der Waals surface area contributed by atoms with Crippen LogP contribution in [0.1, 0.15) is 4.88 Å². The number of ether oxygens (including phenoxy) is 1. The van der Waals surface area contributed by atoms with Crippen LogP contribution in [0.25, 0.3) is 6.08 Å². The number of halogens is 1. The van der Waals surface area contributed by atoms with Gasteiger partial charge in [-0.1, -0.05) is 29.4 Å². The Morgan fingerprint density at radius 3 is 2.96 bits per heavy atom. The number of aliphatic imine (C=N–C) groups is 1. The second-order valence-electron chi connectivity index (χ2n) is 4.85. The van der Waals surface area contributed by atoms with Crippen molar-refractivity contribution >= 4 is 57.5 Å². The van der Waals surface area contributed by atoms with E-state index in [1.807, 2.05) is 17.5 Å². The molecule has 5 nitrogen and oxygen atoms in total. The molecule has 1 amide bonds. The maximum Gasteiger partial charge on any atom is 0.283 e. The molecule has 1 aromatic carbocycles. The average Bonchev–Trinajstić information content (AvgIpc) is 3.22. The molecule has 25 heavy (non-hydrogen) atoms. The lowest BCUT2D eigenvalue weighted by atomic mass is 10.2. The number of carbonyl (C=O) groups is 1. The number of hydrogen-bond donors (Lipinski definition) is 0. The summed E-state index contributed by atoms with van der Waals surface area (Å²) < 4.78 is 5.15. The second-order valence-corrected chi connectivity index (χ2v) is 7.17. The van der Waals surface area contributed by atoms with Crippen molar-refractivity contribution in [2.24, 2.45) is 4.99 Å². The smallest absolute Gasteiger partial charge is 0.283 e. The fraction of sp³-hybridized carbons (Fsp3) is 0.118. The van der Waals surface area contributed by atoms with E-state index in [2.05, 4.69) is 11.1 Å². The van der Waals surface area contributed by atoms with Crippen LogP contribution in [0.5, 0.6) is 5.75 Å². The summed E-state index contributed by atoms with van der Waals surface area (Å²) >= 11 is 8.91. The number of benzene rings is 1. The first-order valence-electron chi connectivity index (χ1n) is 7.15. The number of nitrogens with zero attached hydrogens (tertiary/aromatic N) is 3. The fourth-order valence-corrected chi connectivity index (χ4v) is 3.80. The zero-order valence-electron chi connectivity index (χ0n) is 13.1. The molecule has 0 saturated heterocycles. The van der Waals surface area contributed by atoms with Gasteiger partial charge in [0, 0.05) is 4.88 Å². The molecular weight excluding hydrogens is 378 g/mol. The van der Waals surface area contributed by atoms with Gasteiger partial charge in [0.15, 0.2) is 5.17 Å². The SMILES string of the molecule is COc1ccc(N2C(=O)C(=Cc3cccs3)N=C2SCC#N)cc1Cl. The van der Waals surface area contributed by atoms with Crippen LogP contribution in [0.3, 0.4) is 0 Å². The summed E-state index contributed by atoms with van der Waals surface area (Å²) in [5.41, 5.74) is 0.907. The van der Waals surface area contributed by atoms with Gasteiger partial charge in [0.25, 0.3) is 5.91 Å². The molecule has 1 aromatic heterocycles. The van der Waals surface area contributed by atoms with Crippen molar-refractivity contribution in [2.75, 3.05) is 17.8 Å². The Morgan fingerprint density at radius 1 is 1.48 bits per heavy atom. The monoisotopic (exact) mass is 389 g/mol. The molecule has 0 fully saturated rings. The van der Waals surface area contributed by atoms with E-state index < -0.39 is 0 Å². The molecule has 126 valence electrons. The molecule has 0 spiro atoms. The Labute approximate surface area is 158 Å². The van der Waals surface area contributed by atoms with Crippen molar-refractivity contribution in [3.63, 3.8) is 0 Å². The van der Waals surface area contributed by atoms with Crippen molar-refractivity contribution in [1.29, 1.82) is 5.26 Å². The van der Waals surface area contributed by atoms with Crippen LogP contribution in [-0.2, 0) is 4.79 Å². The number of thiophene rings is 1. The molecule has 0 bridgehead atoms. The van der Waals surface area contributed by atoms with E-state index in [9.17, 15) is 4.79 Å². The van der Waals surface area contributed by atoms with Crippen LogP contribution in [0, 0.1) is 11.3 Å². The van der Waals surface area contributed by atoms with Gasteiger partial charge in [-0.05, 0) is 35.7 Å². The van der Waals surface area contributed by atoms with E-state index in [0.717, 1.165) is 4.88 Å². The molecule has 2 aromatic rings. The number of amides is 1. The first kappa shape index (κ1) is 17.5. The predicted molar refractivity (Wildman–Crippen MR) is 103 cm³/mol. The Hall–Kier alpha value is -2.27.